The summed E-state index contributed by atoms with van der Waals surface area (Å²) in [6.45, 7) is 2.28. The quantitative estimate of drug-likeness (QED) is 0.588. The van der Waals surface area contributed by atoms with Crippen molar-refractivity contribution in [3.8, 4) is 11.5 Å². The molecule has 0 amide bonds. The molecular weight excluding hydrogens is 354 g/mol. The number of benzene rings is 3. The van der Waals surface area contributed by atoms with Gasteiger partial charge in [-0.05, 0) is 60.5 Å². The Kier molecular flexibility index (Phi) is 6.07. The van der Waals surface area contributed by atoms with Crippen LogP contribution < -0.4 is 9.47 Å². The zero-order valence-corrected chi connectivity index (χ0v) is 15.8. The van der Waals surface area contributed by atoms with Gasteiger partial charge in [0.1, 0.15) is 6.61 Å². The minimum Gasteiger partial charge on any atom is -0.493 e. The van der Waals surface area contributed by atoms with Crippen molar-refractivity contribution in [1.29, 1.82) is 0 Å². The molecular formula is C23H21NO4. The second-order valence-electron chi connectivity index (χ2n) is 6.30. The summed E-state index contributed by atoms with van der Waals surface area (Å²) < 4.78 is 11.2. The molecule has 0 spiro atoms. The van der Waals surface area contributed by atoms with E-state index >= 15 is 0 Å². The van der Waals surface area contributed by atoms with Crippen LogP contribution in [0.4, 0.5) is 5.69 Å². The number of methoxy groups -OCH3 is 1. The van der Waals surface area contributed by atoms with Gasteiger partial charge >= 0.3 is 5.97 Å². The molecule has 0 saturated heterocycles. The lowest BCUT2D eigenvalue weighted by Gasteiger charge is -2.11. The molecule has 28 heavy (non-hydrogen) atoms. The molecule has 0 saturated carbocycles. The molecule has 0 aromatic heterocycles. The van der Waals surface area contributed by atoms with Gasteiger partial charge < -0.3 is 14.6 Å². The highest BCUT2D eigenvalue weighted by molar-refractivity contribution is 5.87. The molecule has 1 N–H and O–H groups in total. The maximum atomic E-state index is 11.1. The first-order valence-corrected chi connectivity index (χ1v) is 8.79. The lowest BCUT2D eigenvalue weighted by molar-refractivity contribution is 0.0696. The molecule has 142 valence electrons. The maximum Gasteiger partial charge on any atom is 0.335 e. The number of hydrogen-bond acceptors (Lipinski definition) is 4. The van der Waals surface area contributed by atoms with Gasteiger partial charge in [-0.2, -0.15) is 0 Å². The van der Waals surface area contributed by atoms with Crippen LogP contribution in [0.3, 0.4) is 0 Å². The van der Waals surface area contributed by atoms with E-state index in [1.807, 2.05) is 55.5 Å². The van der Waals surface area contributed by atoms with Crippen molar-refractivity contribution < 1.29 is 19.4 Å². The zero-order chi connectivity index (χ0) is 19.9. The predicted molar refractivity (Wildman–Crippen MR) is 109 cm³/mol. The van der Waals surface area contributed by atoms with E-state index < -0.39 is 5.97 Å². The Morgan fingerprint density at radius 3 is 2.54 bits per heavy atom. The van der Waals surface area contributed by atoms with Crippen LogP contribution in [0, 0.1) is 6.92 Å². The van der Waals surface area contributed by atoms with E-state index in [9.17, 15) is 4.79 Å². The summed E-state index contributed by atoms with van der Waals surface area (Å²) in [5.74, 6) is 0.203. The molecule has 3 aromatic rings. The van der Waals surface area contributed by atoms with Crippen molar-refractivity contribution in [2.24, 2.45) is 4.99 Å². The Labute approximate surface area is 163 Å². The standard InChI is InChI=1S/C23H21NO4/c1-16-6-9-20(10-7-16)24-14-17-8-11-21(22(13-17)27-2)28-15-18-4-3-5-19(12-18)23(25)26/h3-14H,15H2,1-2H3,(H,25,26). The lowest BCUT2D eigenvalue weighted by Crippen LogP contribution is -2.01. The topological polar surface area (TPSA) is 68.1 Å². The van der Waals surface area contributed by atoms with Crippen molar-refractivity contribution >= 4 is 17.9 Å². The molecule has 0 aliphatic heterocycles. The monoisotopic (exact) mass is 375 g/mol. The van der Waals surface area contributed by atoms with E-state index in [2.05, 4.69) is 4.99 Å². The molecule has 3 aromatic carbocycles. The molecule has 0 aliphatic rings. The molecule has 0 unspecified atom stereocenters. The fourth-order valence-electron chi connectivity index (χ4n) is 2.62. The number of carboxylic acid groups (broad SMARTS) is 1. The van der Waals surface area contributed by atoms with Gasteiger partial charge in [0.2, 0.25) is 0 Å². The number of ether oxygens (including phenoxy) is 2. The van der Waals surface area contributed by atoms with Gasteiger partial charge in [0, 0.05) is 6.21 Å². The van der Waals surface area contributed by atoms with Gasteiger partial charge in [-0.25, -0.2) is 4.79 Å². The van der Waals surface area contributed by atoms with Crippen LogP contribution in [-0.4, -0.2) is 24.4 Å². The van der Waals surface area contributed by atoms with Crippen LogP contribution in [-0.2, 0) is 6.61 Å². The van der Waals surface area contributed by atoms with Gasteiger partial charge in [-0.15, -0.1) is 0 Å². The van der Waals surface area contributed by atoms with Crippen LogP contribution in [0.1, 0.15) is 27.0 Å². The highest BCUT2D eigenvalue weighted by atomic mass is 16.5. The molecule has 0 radical (unpaired) electrons. The van der Waals surface area contributed by atoms with Gasteiger partial charge in [-0.1, -0.05) is 29.8 Å². The van der Waals surface area contributed by atoms with E-state index in [4.69, 9.17) is 14.6 Å². The Hall–Kier alpha value is -3.60. The molecule has 0 atom stereocenters. The van der Waals surface area contributed by atoms with Crippen LogP contribution in [0.5, 0.6) is 11.5 Å². The third kappa shape index (κ3) is 4.98. The van der Waals surface area contributed by atoms with Gasteiger partial charge in [0.15, 0.2) is 11.5 Å². The van der Waals surface area contributed by atoms with Crippen LogP contribution in [0.15, 0.2) is 71.7 Å². The third-order valence-electron chi connectivity index (χ3n) is 4.15. The summed E-state index contributed by atoms with van der Waals surface area (Å²) >= 11 is 0. The zero-order valence-electron chi connectivity index (χ0n) is 15.8. The van der Waals surface area contributed by atoms with Crippen molar-refractivity contribution in [2.75, 3.05) is 7.11 Å². The molecule has 5 heteroatoms. The minimum atomic E-state index is -0.961. The van der Waals surface area contributed by atoms with Crippen molar-refractivity contribution in [3.05, 3.63) is 89.0 Å². The third-order valence-corrected chi connectivity index (χ3v) is 4.15. The number of nitrogens with zero attached hydrogens (tertiary/aromatic N) is 1. The molecule has 0 heterocycles. The largest absolute Gasteiger partial charge is 0.493 e. The van der Waals surface area contributed by atoms with Crippen LogP contribution >= 0.6 is 0 Å². The van der Waals surface area contributed by atoms with E-state index in [-0.39, 0.29) is 12.2 Å². The lowest BCUT2D eigenvalue weighted by atomic mass is 10.1. The van der Waals surface area contributed by atoms with Gasteiger partial charge in [-0.3, -0.25) is 4.99 Å². The van der Waals surface area contributed by atoms with E-state index in [1.165, 1.54) is 5.56 Å². The normalized spacial score (nSPS) is 10.8. The summed E-state index contributed by atoms with van der Waals surface area (Å²) in [6.07, 6.45) is 1.77. The SMILES string of the molecule is COc1cc(C=Nc2ccc(C)cc2)ccc1OCc1cccc(C(=O)O)c1. The Morgan fingerprint density at radius 2 is 1.82 bits per heavy atom. The number of aliphatic imine (C=N–C) groups is 1. The first-order chi connectivity index (χ1) is 13.5. The van der Waals surface area contributed by atoms with Crippen molar-refractivity contribution in [2.45, 2.75) is 13.5 Å². The Morgan fingerprint density at radius 1 is 1.04 bits per heavy atom. The predicted octanol–water partition coefficient (Wildman–Crippen LogP) is 5.03. The second-order valence-corrected chi connectivity index (χ2v) is 6.30. The van der Waals surface area contributed by atoms with Crippen LogP contribution in [0.25, 0.3) is 0 Å². The van der Waals surface area contributed by atoms with E-state index in [1.54, 1.807) is 31.5 Å². The van der Waals surface area contributed by atoms with Crippen molar-refractivity contribution in [1.82, 2.24) is 0 Å². The average molecular weight is 375 g/mol. The molecule has 5 nitrogen and oxygen atoms in total. The number of rotatable bonds is 7. The van der Waals surface area contributed by atoms with E-state index in [0.29, 0.717) is 11.5 Å². The Bertz CT molecular complexity index is 994. The summed E-state index contributed by atoms with van der Waals surface area (Å²) in [7, 11) is 1.58. The van der Waals surface area contributed by atoms with Crippen LogP contribution in [0.2, 0.25) is 0 Å². The summed E-state index contributed by atoms with van der Waals surface area (Å²) in [5, 5.41) is 9.08. The fourth-order valence-corrected chi connectivity index (χ4v) is 2.62. The first-order valence-electron chi connectivity index (χ1n) is 8.79. The first kappa shape index (κ1) is 19.2. The minimum absolute atomic E-state index is 0.232. The molecule has 0 aliphatic carbocycles. The van der Waals surface area contributed by atoms with Gasteiger partial charge in [0.25, 0.3) is 0 Å². The number of aromatic carboxylic acids is 1. The highest BCUT2D eigenvalue weighted by Gasteiger charge is 2.07. The maximum absolute atomic E-state index is 11.1. The van der Waals surface area contributed by atoms with E-state index in [0.717, 1.165) is 16.8 Å². The second kappa shape index (κ2) is 8.86. The molecule has 3 rings (SSSR count). The summed E-state index contributed by atoms with van der Waals surface area (Å²) in [4.78, 5) is 15.5. The van der Waals surface area contributed by atoms with Crippen molar-refractivity contribution in [3.63, 3.8) is 0 Å². The molecule has 0 fully saturated rings. The average Bonchev–Trinajstić information content (AvgIpc) is 2.72. The number of hydrogen-bond donors (Lipinski definition) is 1. The summed E-state index contributed by atoms with van der Waals surface area (Å²) in [5.41, 5.74) is 3.96. The number of carbonyl (C=O) groups is 1. The smallest absolute Gasteiger partial charge is 0.335 e. The molecule has 0 bridgehead atoms. The fraction of sp³-hybridized carbons (Fsp3) is 0.130. The number of carboxylic acids is 1. The highest BCUT2D eigenvalue weighted by Crippen LogP contribution is 2.28. The number of aryl methyl sites for hydroxylation is 1. The van der Waals surface area contributed by atoms with Gasteiger partial charge in [0.05, 0.1) is 18.4 Å². The Balaban J connectivity index is 1.71. The summed E-state index contributed by atoms with van der Waals surface area (Å²) in [6, 6.07) is 20.2.